The summed E-state index contributed by atoms with van der Waals surface area (Å²) in [6.07, 6.45) is 3.27. The Hall–Kier alpha value is -3.46. The summed E-state index contributed by atoms with van der Waals surface area (Å²) >= 11 is 1.24. The molecule has 0 aliphatic heterocycles. The second-order valence-corrected chi connectivity index (χ2v) is 6.87. The van der Waals surface area contributed by atoms with Gasteiger partial charge in [0.25, 0.3) is 5.91 Å². The summed E-state index contributed by atoms with van der Waals surface area (Å²) in [6.45, 7) is 1.85. The number of hydrogen-bond donors (Lipinski definition) is 1. The third-order valence-corrected chi connectivity index (χ3v) is 5.11. The van der Waals surface area contributed by atoms with Gasteiger partial charge in [0.05, 0.1) is 12.2 Å². The summed E-state index contributed by atoms with van der Waals surface area (Å²) in [6, 6.07) is 9.53. The minimum Gasteiger partial charge on any atom is -0.342 e. The number of amides is 1. The summed E-state index contributed by atoms with van der Waals surface area (Å²) in [5.74, 6) is 0.119. The highest BCUT2D eigenvalue weighted by Gasteiger charge is 2.17. The molecule has 1 N–H and O–H groups in total. The van der Waals surface area contributed by atoms with Crippen LogP contribution in [0.25, 0.3) is 22.0 Å². The minimum atomic E-state index is -0.319. The summed E-state index contributed by atoms with van der Waals surface area (Å²) < 4.78 is 18.3. The average Bonchev–Trinajstić information content (AvgIpc) is 3.34. The predicted molar refractivity (Wildman–Crippen MR) is 101 cm³/mol. The molecular formula is C19H14FN5O2S. The number of thiazole rings is 1. The van der Waals surface area contributed by atoms with Gasteiger partial charge in [-0.15, -0.1) is 11.3 Å². The molecule has 0 aliphatic rings. The number of benzene rings is 1. The van der Waals surface area contributed by atoms with Crippen molar-refractivity contribution in [1.29, 1.82) is 0 Å². The Bertz CT molecular complexity index is 1110. The van der Waals surface area contributed by atoms with Gasteiger partial charge in [-0.25, -0.2) is 9.37 Å². The Morgan fingerprint density at radius 3 is 2.61 bits per heavy atom. The molecule has 1 aromatic carbocycles. The molecule has 9 heteroatoms. The lowest BCUT2D eigenvalue weighted by Crippen LogP contribution is -2.22. The van der Waals surface area contributed by atoms with Crippen LogP contribution in [0.3, 0.4) is 0 Å². The minimum absolute atomic E-state index is 0.0974. The van der Waals surface area contributed by atoms with Crippen molar-refractivity contribution in [2.75, 3.05) is 0 Å². The number of nitrogens with zero attached hydrogens (tertiary/aromatic N) is 4. The Labute approximate surface area is 163 Å². The van der Waals surface area contributed by atoms with Crippen LogP contribution in [0.1, 0.15) is 21.3 Å². The van der Waals surface area contributed by atoms with E-state index in [1.54, 1.807) is 43.6 Å². The first-order valence-corrected chi connectivity index (χ1v) is 9.16. The predicted octanol–water partition coefficient (Wildman–Crippen LogP) is 3.63. The van der Waals surface area contributed by atoms with Crippen LogP contribution < -0.4 is 5.32 Å². The van der Waals surface area contributed by atoms with Crippen molar-refractivity contribution in [2.24, 2.45) is 0 Å². The van der Waals surface area contributed by atoms with Crippen molar-refractivity contribution < 1.29 is 13.7 Å². The van der Waals surface area contributed by atoms with Crippen LogP contribution in [0.5, 0.6) is 0 Å². The van der Waals surface area contributed by atoms with Crippen LogP contribution >= 0.6 is 11.3 Å². The zero-order chi connectivity index (χ0) is 19.5. The number of aromatic nitrogens is 4. The number of halogens is 1. The van der Waals surface area contributed by atoms with Gasteiger partial charge in [0, 0.05) is 23.5 Å². The molecule has 3 heterocycles. The zero-order valence-corrected chi connectivity index (χ0v) is 15.5. The normalized spacial score (nSPS) is 10.8. The van der Waals surface area contributed by atoms with Crippen molar-refractivity contribution in [3.63, 3.8) is 0 Å². The van der Waals surface area contributed by atoms with Gasteiger partial charge in [0.2, 0.25) is 11.7 Å². The van der Waals surface area contributed by atoms with E-state index in [0.717, 1.165) is 11.1 Å². The number of rotatable bonds is 5. The standard InChI is InChI=1S/C19H14FN5O2S/c1-11-16(28-19(23-11)13-2-4-14(20)5-3-13)18(26)22-10-15-24-17(25-27-15)12-6-8-21-9-7-12/h2-9H,10H2,1H3,(H,22,26). The SMILES string of the molecule is Cc1nc(-c2ccc(F)cc2)sc1C(=O)NCc1nc(-c2ccncc2)no1. The highest BCUT2D eigenvalue weighted by Crippen LogP contribution is 2.28. The fraction of sp³-hybridized carbons (Fsp3) is 0.105. The number of aryl methyl sites for hydroxylation is 1. The Kier molecular flexibility index (Phi) is 4.90. The molecule has 4 aromatic rings. The van der Waals surface area contributed by atoms with Crippen molar-refractivity contribution in [3.05, 3.63) is 71.1 Å². The Balaban J connectivity index is 1.44. The maximum absolute atomic E-state index is 13.1. The monoisotopic (exact) mass is 395 g/mol. The van der Waals surface area contributed by atoms with Gasteiger partial charge in [-0.1, -0.05) is 5.16 Å². The first-order chi connectivity index (χ1) is 13.6. The van der Waals surface area contributed by atoms with Crippen LogP contribution in [-0.2, 0) is 6.54 Å². The van der Waals surface area contributed by atoms with Crippen molar-refractivity contribution in [1.82, 2.24) is 25.4 Å². The van der Waals surface area contributed by atoms with Gasteiger partial charge in [0.1, 0.15) is 15.7 Å². The zero-order valence-electron chi connectivity index (χ0n) is 14.7. The summed E-state index contributed by atoms with van der Waals surface area (Å²) in [4.78, 5) is 25.6. The Morgan fingerprint density at radius 2 is 1.86 bits per heavy atom. The quantitative estimate of drug-likeness (QED) is 0.555. The topological polar surface area (TPSA) is 93.8 Å². The smallest absolute Gasteiger partial charge is 0.263 e. The molecule has 1 amide bonds. The van der Waals surface area contributed by atoms with Crippen molar-refractivity contribution in [2.45, 2.75) is 13.5 Å². The Morgan fingerprint density at radius 1 is 1.11 bits per heavy atom. The third kappa shape index (κ3) is 3.79. The summed E-state index contributed by atoms with van der Waals surface area (Å²) in [5.41, 5.74) is 2.14. The van der Waals surface area contributed by atoms with Gasteiger partial charge in [0.15, 0.2) is 0 Å². The molecule has 0 atom stereocenters. The highest BCUT2D eigenvalue weighted by atomic mass is 32.1. The van der Waals surface area contributed by atoms with Crippen molar-refractivity contribution >= 4 is 17.2 Å². The molecule has 0 aliphatic carbocycles. The third-order valence-electron chi connectivity index (χ3n) is 3.90. The molecular weight excluding hydrogens is 381 g/mol. The fourth-order valence-corrected chi connectivity index (χ4v) is 3.49. The molecule has 0 fully saturated rings. The van der Waals surface area contributed by atoms with Crippen LogP contribution in [0.4, 0.5) is 4.39 Å². The summed E-state index contributed by atoms with van der Waals surface area (Å²) in [5, 5.41) is 7.31. The lowest BCUT2D eigenvalue weighted by molar-refractivity contribution is 0.0949. The van der Waals surface area contributed by atoms with Gasteiger partial charge in [-0.3, -0.25) is 9.78 Å². The van der Waals surface area contributed by atoms with Gasteiger partial charge in [-0.2, -0.15) is 4.98 Å². The molecule has 0 saturated heterocycles. The molecule has 0 unspecified atom stereocenters. The lowest BCUT2D eigenvalue weighted by atomic mass is 10.2. The second-order valence-electron chi connectivity index (χ2n) is 5.87. The average molecular weight is 395 g/mol. The van der Waals surface area contributed by atoms with E-state index < -0.39 is 0 Å². The first kappa shape index (κ1) is 17.9. The fourth-order valence-electron chi connectivity index (χ4n) is 2.50. The van der Waals surface area contributed by atoms with E-state index in [4.69, 9.17) is 4.52 Å². The molecule has 3 aromatic heterocycles. The van der Waals surface area contributed by atoms with E-state index in [0.29, 0.717) is 27.3 Å². The van der Waals surface area contributed by atoms with Crippen LogP contribution in [0, 0.1) is 12.7 Å². The molecule has 7 nitrogen and oxygen atoms in total. The van der Waals surface area contributed by atoms with Crippen LogP contribution in [-0.4, -0.2) is 26.0 Å². The van der Waals surface area contributed by atoms with E-state index in [1.807, 2.05) is 0 Å². The number of carbonyl (C=O) groups excluding carboxylic acids is 1. The molecule has 0 bridgehead atoms. The van der Waals surface area contributed by atoms with E-state index in [9.17, 15) is 9.18 Å². The van der Waals surface area contributed by atoms with Crippen LogP contribution in [0.2, 0.25) is 0 Å². The lowest BCUT2D eigenvalue weighted by Gasteiger charge is -1.99. The molecule has 4 rings (SSSR count). The molecule has 28 heavy (non-hydrogen) atoms. The van der Waals surface area contributed by atoms with Crippen LogP contribution in [0.15, 0.2) is 53.3 Å². The van der Waals surface area contributed by atoms with Gasteiger partial charge >= 0.3 is 0 Å². The molecule has 0 saturated carbocycles. The van der Waals surface area contributed by atoms with E-state index in [1.165, 1.54) is 23.5 Å². The highest BCUT2D eigenvalue weighted by molar-refractivity contribution is 7.17. The number of pyridine rings is 1. The van der Waals surface area contributed by atoms with E-state index >= 15 is 0 Å². The van der Waals surface area contributed by atoms with E-state index in [-0.39, 0.29) is 18.3 Å². The second kappa shape index (κ2) is 7.65. The summed E-state index contributed by atoms with van der Waals surface area (Å²) in [7, 11) is 0. The maximum atomic E-state index is 13.1. The largest absolute Gasteiger partial charge is 0.342 e. The number of hydrogen-bond acceptors (Lipinski definition) is 7. The molecule has 0 radical (unpaired) electrons. The van der Waals surface area contributed by atoms with Gasteiger partial charge in [-0.05, 0) is 43.3 Å². The maximum Gasteiger partial charge on any atom is 0.263 e. The molecule has 140 valence electrons. The van der Waals surface area contributed by atoms with E-state index in [2.05, 4.69) is 25.4 Å². The number of nitrogens with one attached hydrogen (secondary N) is 1. The van der Waals surface area contributed by atoms with Gasteiger partial charge < -0.3 is 9.84 Å². The molecule has 0 spiro atoms. The van der Waals surface area contributed by atoms with Crippen molar-refractivity contribution in [3.8, 4) is 22.0 Å². The number of carbonyl (C=O) groups is 1. The first-order valence-electron chi connectivity index (χ1n) is 8.34.